The molecular weight excluding hydrogens is 584 g/mol. The van der Waals surface area contributed by atoms with Crippen LogP contribution in [0.15, 0.2) is 0 Å². The zero-order valence-electron chi connectivity index (χ0n) is 27.9. The van der Waals surface area contributed by atoms with E-state index in [4.69, 9.17) is 18.9 Å². The highest BCUT2D eigenvalue weighted by Gasteiger charge is 2.38. The normalized spacial score (nSPS) is 14.6. The third kappa shape index (κ3) is 5.94. The van der Waals surface area contributed by atoms with Crippen molar-refractivity contribution in [2.75, 3.05) is 50.2 Å². The number of benzene rings is 2. The number of carbonyl (C=O) groups is 1. The van der Waals surface area contributed by atoms with Crippen LogP contribution in [-0.2, 0) is 10.8 Å². The number of nitriles is 4. The van der Waals surface area contributed by atoms with Gasteiger partial charge in [-0.1, -0.05) is 41.5 Å². The van der Waals surface area contributed by atoms with E-state index >= 15 is 0 Å². The molecule has 4 rings (SSSR count). The number of hydrogen-bond acceptors (Lipinski definition) is 11. The fraction of sp³-hybridized carbons (Fsp3) is 0.514. The zero-order valence-corrected chi connectivity index (χ0v) is 27.9. The number of anilines is 2. The van der Waals surface area contributed by atoms with Gasteiger partial charge in [-0.15, -0.1) is 0 Å². The quantitative estimate of drug-likeness (QED) is 0.253. The van der Waals surface area contributed by atoms with E-state index in [0.717, 1.165) is 25.7 Å². The SMILES string of the molecule is COc1c(OC(=O)Oc2c(C#N)c(N3CCCC3)c(C#N)c(C(C)(C)C)c2OC)c(C#N)c(N2CCCC2)c(C#N)c1C(C)(C)C. The predicted molar refractivity (Wildman–Crippen MR) is 172 cm³/mol. The summed E-state index contributed by atoms with van der Waals surface area (Å²) in [6, 6.07) is 8.86. The van der Waals surface area contributed by atoms with Gasteiger partial charge >= 0.3 is 6.16 Å². The summed E-state index contributed by atoms with van der Waals surface area (Å²) in [5.74, 6) is -0.215. The molecule has 2 aliphatic heterocycles. The van der Waals surface area contributed by atoms with Gasteiger partial charge in [-0.25, -0.2) is 4.79 Å². The third-order valence-corrected chi connectivity index (χ3v) is 8.34. The lowest BCUT2D eigenvalue weighted by Gasteiger charge is -2.31. The second-order valence-corrected chi connectivity index (χ2v) is 13.5. The van der Waals surface area contributed by atoms with Crippen LogP contribution in [0.2, 0.25) is 0 Å². The summed E-state index contributed by atoms with van der Waals surface area (Å²) in [4.78, 5) is 17.7. The van der Waals surface area contributed by atoms with Crippen LogP contribution in [0.1, 0.15) is 101 Å². The van der Waals surface area contributed by atoms with Gasteiger partial charge in [-0.3, -0.25) is 0 Å². The van der Waals surface area contributed by atoms with E-state index in [1.807, 2.05) is 51.3 Å². The molecule has 2 aromatic rings. The zero-order chi connectivity index (χ0) is 34.0. The summed E-state index contributed by atoms with van der Waals surface area (Å²) in [7, 11) is 2.77. The molecule has 0 atom stereocenters. The Labute approximate surface area is 271 Å². The Morgan fingerprint density at radius 2 is 0.870 bits per heavy atom. The molecule has 11 heteroatoms. The van der Waals surface area contributed by atoms with E-state index in [0.29, 0.717) is 48.7 Å². The maximum atomic E-state index is 13.8. The van der Waals surface area contributed by atoms with Crippen LogP contribution >= 0.6 is 0 Å². The molecule has 0 saturated carbocycles. The molecule has 2 aromatic carbocycles. The molecular formula is C35H40N6O5. The molecule has 2 saturated heterocycles. The van der Waals surface area contributed by atoms with Gasteiger partial charge < -0.3 is 28.7 Å². The first-order valence-electron chi connectivity index (χ1n) is 15.4. The molecule has 2 aliphatic rings. The monoisotopic (exact) mass is 624 g/mol. The van der Waals surface area contributed by atoms with Gasteiger partial charge in [0.1, 0.15) is 35.4 Å². The van der Waals surface area contributed by atoms with E-state index in [2.05, 4.69) is 24.3 Å². The molecule has 0 bridgehead atoms. The molecule has 0 spiro atoms. The number of hydrogen-bond donors (Lipinski definition) is 0. The van der Waals surface area contributed by atoms with Crippen molar-refractivity contribution in [3.63, 3.8) is 0 Å². The molecule has 2 heterocycles. The van der Waals surface area contributed by atoms with Crippen molar-refractivity contribution in [3.05, 3.63) is 33.4 Å². The van der Waals surface area contributed by atoms with Gasteiger partial charge in [-0.2, -0.15) is 21.0 Å². The Bertz CT molecular complexity index is 1590. The highest BCUT2D eigenvalue weighted by molar-refractivity contribution is 5.85. The average Bonchev–Trinajstić information content (AvgIpc) is 3.73. The Hall–Kier alpha value is -5.13. The minimum atomic E-state index is -1.24. The molecule has 0 unspecified atom stereocenters. The first-order chi connectivity index (χ1) is 21.8. The minimum Gasteiger partial charge on any atom is -0.492 e. The molecule has 11 nitrogen and oxygen atoms in total. The lowest BCUT2D eigenvalue weighted by molar-refractivity contribution is 0.148. The summed E-state index contributed by atoms with van der Waals surface area (Å²) in [6.45, 7) is 14.0. The fourth-order valence-electron chi connectivity index (χ4n) is 6.53. The van der Waals surface area contributed by atoms with Crippen LogP contribution in [0.3, 0.4) is 0 Å². The molecule has 0 aromatic heterocycles. The van der Waals surface area contributed by atoms with Crippen LogP contribution in [-0.4, -0.2) is 46.6 Å². The molecule has 2 fully saturated rings. The van der Waals surface area contributed by atoms with E-state index in [1.54, 1.807) is 0 Å². The Morgan fingerprint density at radius 1 is 0.565 bits per heavy atom. The summed E-state index contributed by atoms with van der Waals surface area (Å²) in [6.07, 6.45) is 2.30. The van der Waals surface area contributed by atoms with Gasteiger partial charge in [0.15, 0.2) is 23.0 Å². The first-order valence-corrected chi connectivity index (χ1v) is 15.4. The lowest BCUT2D eigenvalue weighted by atomic mass is 9.81. The van der Waals surface area contributed by atoms with E-state index in [1.165, 1.54) is 14.2 Å². The van der Waals surface area contributed by atoms with Gasteiger partial charge in [0.2, 0.25) is 0 Å². The minimum absolute atomic E-state index is 0.0271. The maximum Gasteiger partial charge on any atom is 0.519 e. The van der Waals surface area contributed by atoms with Crippen LogP contribution in [0.25, 0.3) is 0 Å². The van der Waals surface area contributed by atoms with Gasteiger partial charge in [0.05, 0.1) is 36.7 Å². The second-order valence-electron chi connectivity index (χ2n) is 13.5. The first kappa shape index (κ1) is 33.8. The van der Waals surface area contributed by atoms with Gasteiger partial charge in [0, 0.05) is 37.3 Å². The average molecular weight is 625 g/mol. The highest BCUT2D eigenvalue weighted by Crippen LogP contribution is 2.51. The van der Waals surface area contributed by atoms with Crippen molar-refractivity contribution in [1.29, 1.82) is 21.0 Å². The van der Waals surface area contributed by atoms with Crippen molar-refractivity contribution in [1.82, 2.24) is 0 Å². The Morgan fingerprint density at radius 3 is 1.11 bits per heavy atom. The van der Waals surface area contributed by atoms with Crippen molar-refractivity contribution < 1.29 is 23.7 Å². The van der Waals surface area contributed by atoms with Crippen LogP contribution < -0.4 is 28.7 Å². The number of nitrogens with zero attached hydrogens (tertiary/aromatic N) is 6. The highest BCUT2D eigenvalue weighted by atomic mass is 16.7. The van der Waals surface area contributed by atoms with Crippen LogP contribution in [0, 0.1) is 45.3 Å². The number of methoxy groups -OCH3 is 2. The summed E-state index contributed by atoms with van der Waals surface area (Å²) < 4.78 is 23.2. The largest absolute Gasteiger partial charge is 0.519 e. The van der Waals surface area contributed by atoms with Crippen LogP contribution in [0.5, 0.6) is 23.0 Å². The Balaban J connectivity index is 1.97. The number of rotatable bonds is 6. The molecule has 240 valence electrons. The van der Waals surface area contributed by atoms with Gasteiger partial charge in [0.25, 0.3) is 0 Å². The van der Waals surface area contributed by atoms with Crippen molar-refractivity contribution in [2.45, 2.75) is 78.1 Å². The van der Waals surface area contributed by atoms with E-state index < -0.39 is 17.0 Å². The standard InChI is InChI=1S/C35H40N6O5/c1-34(2,3)25-21(17-36)27(40-13-9-10-14-40)23(19-38)29(31(25)43-7)45-33(42)46-30-24(20-39)28(41-15-11-12-16-41)22(18-37)26(32(30)44-8)35(4,5)6/h9-16H2,1-8H3. The van der Waals surface area contributed by atoms with E-state index in [9.17, 15) is 25.8 Å². The summed E-state index contributed by atoms with van der Waals surface area (Å²) in [5, 5.41) is 41.6. The van der Waals surface area contributed by atoms with E-state index in [-0.39, 0.29) is 45.3 Å². The number of ether oxygens (including phenoxy) is 4. The van der Waals surface area contributed by atoms with Gasteiger partial charge in [-0.05, 0) is 36.5 Å². The van der Waals surface area contributed by atoms with Crippen molar-refractivity contribution in [2.24, 2.45) is 0 Å². The molecule has 0 amide bonds. The number of carbonyl (C=O) groups excluding carboxylic acids is 1. The molecule has 0 aliphatic carbocycles. The molecule has 46 heavy (non-hydrogen) atoms. The second kappa shape index (κ2) is 13.1. The molecule has 0 radical (unpaired) electrons. The predicted octanol–water partition coefficient (Wildman–Crippen LogP) is 6.56. The van der Waals surface area contributed by atoms with Crippen molar-refractivity contribution >= 4 is 17.5 Å². The summed E-state index contributed by atoms with van der Waals surface area (Å²) in [5.41, 5.74) is 0.980. The lowest BCUT2D eigenvalue weighted by Crippen LogP contribution is -2.27. The smallest absolute Gasteiger partial charge is 0.492 e. The van der Waals surface area contributed by atoms with Crippen molar-refractivity contribution in [3.8, 4) is 47.3 Å². The Kier molecular flexibility index (Phi) is 9.60. The summed E-state index contributed by atoms with van der Waals surface area (Å²) >= 11 is 0. The fourth-order valence-corrected chi connectivity index (χ4v) is 6.53. The maximum absolute atomic E-state index is 13.8. The molecule has 0 N–H and O–H groups in total. The third-order valence-electron chi connectivity index (χ3n) is 8.34. The van der Waals surface area contributed by atoms with Crippen LogP contribution in [0.4, 0.5) is 16.2 Å². The topological polar surface area (TPSA) is 156 Å².